The van der Waals surface area contributed by atoms with Crippen molar-refractivity contribution in [3.63, 3.8) is 0 Å². The van der Waals surface area contributed by atoms with Crippen molar-refractivity contribution < 1.29 is 14.7 Å². The summed E-state index contributed by atoms with van der Waals surface area (Å²) in [6.45, 7) is 5.46. The quantitative estimate of drug-likeness (QED) is 0.357. The van der Waals surface area contributed by atoms with Gasteiger partial charge in [0, 0.05) is 12.7 Å². The van der Waals surface area contributed by atoms with Gasteiger partial charge in [0.25, 0.3) is 0 Å². The number of hydrogen-bond acceptors (Lipinski definition) is 5. The molecule has 1 aromatic heterocycles. The first-order valence-electron chi connectivity index (χ1n) is 4.92. The molecule has 6 nitrogen and oxygen atoms in total. The lowest BCUT2D eigenvalue weighted by atomic mass is 10.1. The third-order valence-corrected chi connectivity index (χ3v) is 2.31. The fraction of sp³-hybridized carbons (Fsp3) is 0.500. The summed E-state index contributed by atoms with van der Waals surface area (Å²) in [7, 11) is 1.76. The monoisotopic (exact) mass is 225 g/mol. The van der Waals surface area contributed by atoms with Crippen LogP contribution in [-0.2, 0) is 16.6 Å². The number of carbonyl (C=O) groups excluding carboxylic acids is 1. The van der Waals surface area contributed by atoms with Gasteiger partial charge in [-0.15, -0.1) is 0 Å². The van der Waals surface area contributed by atoms with Gasteiger partial charge in [-0.1, -0.05) is 5.16 Å². The van der Waals surface area contributed by atoms with Gasteiger partial charge in [0.15, 0.2) is 5.71 Å². The molecule has 0 saturated carbocycles. The molecule has 0 radical (unpaired) electrons. The van der Waals surface area contributed by atoms with Crippen molar-refractivity contribution >= 4 is 11.7 Å². The predicted molar refractivity (Wildman–Crippen MR) is 57.6 cm³/mol. The first-order chi connectivity index (χ1) is 7.52. The molecule has 1 heterocycles. The van der Waals surface area contributed by atoms with E-state index in [9.17, 15) is 4.79 Å². The van der Waals surface area contributed by atoms with Gasteiger partial charge >= 0.3 is 5.97 Å². The van der Waals surface area contributed by atoms with Crippen LogP contribution < -0.4 is 0 Å². The highest BCUT2D eigenvalue weighted by Gasteiger charge is 2.23. The third-order valence-electron chi connectivity index (χ3n) is 2.31. The molecule has 0 aliphatic heterocycles. The van der Waals surface area contributed by atoms with Gasteiger partial charge in [-0.3, -0.25) is 4.68 Å². The number of hydrogen-bond donors (Lipinski definition) is 1. The second-order valence-electron chi connectivity index (χ2n) is 3.34. The zero-order valence-electron chi connectivity index (χ0n) is 9.81. The topological polar surface area (TPSA) is 76.7 Å². The average molecular weight is 225 g/mol. The van der Waals surface area contributed by atoms with E-state index in [2.05, 4.69) is 10.3 Å². The molecule has 0 atom stereocenters. The second-order valence-corrected chi connectivity index (χ2v) is 3.34. The molecule has 0 bridgehead atoms. The number of nitrogens with zero attached hydrogens (tertiary/aromatic N) is 3. The predicted octanol–water partition coefficient (Wildman–Crippen LogP) is 0.778. The Morgan fingerprint density at radius 2 is 2.19 bits per heavy atom. The van der Waals surface area contributed by atoms with E-state index >= 15 is 0 Å². The van der Waals surface area contributed by atoms with Crippen LogP contribution in [0.3, 0.4) is 0 Å². The van der Waals surface area contributed by atoms with E-state index in [1.165, 1.54) is 0 Å². The largest absolute Gasteiger partial charge is 0.461 e. The van der Waals surface area contributed by atoms with Gasteiger partial charge in [-0.25, -0.2) is 4.79 Å². The molecule has 0 aromatic carbocycles. The van der Waals surface area contributed by atoms with Gasteiger partial charge in [-0.05, 0) is 20.8 Å². The summed E-state index contributed by atoms with van der Waals surface area (Å²) < 4.78 is 6.42. The summed E-state index contributed by atoms with van der Waals surface area (Å²) in [4.78, 5) is 11.5. The van der Waals surface area contributed by atoms with Crippen LogP contribution in [0.15, 0.2) is 5.16 Å². The number of oxime groups is 1. The van der Waals surface area contributed by atoms with Crippen molar-refractivity contribution in [1.82, 2.24) is 9.78 Å². The number of ether oxygens (including phenoxy) is 1. The van der Waals surface area contributed by atoms with E-state index in [0.717, 1.165) is 5.69 Å². The van der Waals surface area contributed by atoms with E-state index < -0.39 is 5.97 Å². The van der Waals surface area contributed by atoms with Gasteiger partial charge in [0.05, 0.1) is 17.9 Å². The molecule has 1 N–H and O–H groups in total. The SMILES string of the molecule is CCOC(=O)C(=NO)c1c(C)nn(C)c1C. The number of esters is 1. The average Bonchev–Trinajstić information content (AvgIpc) is 2.46. The third kappa shape index (κ3) is 2.05. The summed E-state index contributed by atoms with van der Waals surface area (Å²) in [6.07, 6.45) is 0. The highest BCUT2D eigenvalue weighted by atomic mass is 16.5. The van der Waals surface area contributed by atoms with Gasteiger partial charge in [-0.2, -0.15) is 5.10 Å². The summed E-state index contributed by atoms with van der Waals surface area (Å²) in [6, 6.07) is 0. The molecule has 1 rings (SSSR count). The maximum atomic E-state index is 11.5. The molecule has 1 aromatic rings. The summed E-state index contributed by atoms with van der Waals surface area (Å²) >= 11 is 0. The Kier molecular flexibility index (Phi) is 3.65. The number of aryl methyl sites for hydroxylation is 2. The smallest absolute Gasteiger partial charge is 0.361 e. The minimum atomic E-state index is -0.649. The molecule has 88 valence electrons. The van der Waals surface area contributed by atoms with E-state index in [0.29, 0.717) is 11.3 Å². The van der Waals surface area contributed by atoms with Crippen LogP contribution in [0.4, 0.5) is 0 Å². The van der Waals surface area contributed by atoms with Gasteiger partial charge in [0.2, 0.25) is 0 Å². The summed E-state index contributed by atoms with van der Waals surface area (Å²) in [5, 5.41) is 16.0. The summed E-state index contributed by atoms with van der Waals surface area (Å²) in [5.41, 5.74) is 1.78. The standard InChI is InChI=1S/C10H15N3O3/c1-5-16-10(14)9(12-15)8-6(2)11-13(4)7(8)3/h15H,5H2,1-4H3. The molecule has 16 heavy (non-hydrogen) atoms. The molecule has 0 aliphatic carbocycles. The first-order valence-corrected chi connectivity index (χ1v) is 4.92. The van der Waals surface area contributed by atoms with Gasteiger partial charge < -0.3 is 9.94 Å². The molecule has 0 spiro atoms. The van der Waals surface area contributed by atoms with Crippen LogP contribution in [0.5, 0.6) is 0 Å². The van der Waals surface area contributed by atoms with E-state index in [1.807, 2.05) is 0 Å². The van der Waals surface area contributed by atoms with Crippen molar-refractivity contribution in [2.75, 3.05) is 6.61 Å². The van der Waals surface area contributed by atoms with Crippen LogP contribution in [0.25, 0.3) is 0 Å². The maximum Gasteiger partial charge on any atom is 0.361 e. The van der Waals surface area contributed by atoms with Crippen molar-refractivity contribution in [2.45, 2.75) is 20.8 Å². The second kappa shape index (κ2) is 4.78. The van der Waals surface area contributed by atoms with Crippen molar-refractivity contribution in [1.29, 1.82) is 0 Å². The maximum absolute atomic E-state index is 11.5. The lowest BCUT2D eigenvalue weighted by Crippen LogP contribution is -2.20. The molecular weight excluding hydrogens is 210 g/mol. The van der Waals surface area contributed by atoms with E-state index in [-0.39, 0.29) is 12.3 Å². The minimum Gasteiger partial charge on any atom is -0.461 e. The molecule has 0 aliphatic rings. The minimum absolute atomic E-state index is 0.107. The molecular formula is C10H15N3O3. The molecule has 0 fully saturated rings. The Labute approximate surface area is 93.5 Å². The van der Waals surface area contributed by atoms with Crippen molar-refractivity contribution in [2.24, 2.45) is 12.2 Å². The van der Waals surface area contributed by atoms with Crippen molar-refractivity contribution in [3.05, 3.63) is 17.0 Å². The van der Waals surface area contributed by atoms with Crippen LogP contribution in [-0.4, -0.2) is 33.3 Å². The number of carbonyl (C=O) groups is 1. The van der Waals surface area contributed by atoms with Crippen LogP contribution >= 0.6 is 0 Å². The molecule has 0 saturated heterocycles. The fourth-order valence-corrected chi connectivity index (χ4v) is 1.51. The van der Waals surface area contributed by atoms with E-state index in [1.54, 1.807) is 32.5 Å². The van der Waals surface area contributed by atoms with Crippen molar-refractivity contribution in [3.8, 4) is 0 Å². The van der Waals surface area contributed by atoms with Gasteiger partial charge in [0.1, 0.15) is 0 Å². The molecule has 0 unspecified atom stereocenters. The number of aromatic nitrogens is 2. The lowest BCUT2D eigenvalue weighted by molar-refractivity contribution is -0.135. The highest BCUT2D eigenvalue weighted by molar-refractivity contribution is 6.43. The van der Waals surface area contributed by atoms with Crippen LogP contribution in [0.1, 0.15) is 23.9 Å². The number of rotatable bonds is 3. The van der Waals surface area contributed by atoms with Crippen LogP contribution in [0, 0.1) is 13.8 Å². The lowest BCUT2D eigenvalue weighted by Gasteiger charge is -2.04. The molecule has 6 heteroatoms. The Bertz CT molecular complexity index is 435. The Morgan fingerprint density at radius 3 is 2.56 bits per heavy atom. The normalized spacial score (nSPS) is 11.6. The first kappa shape index (κ1) is 12.2. The zero-order chi connectivity index (χ0) is 12.3. The Balaban J connectivity index is 3.20. The zero-order valence-corrected chi connectivity index (χ0v) is 9.81. The molecule has 0 amide bonds. The fourth-order valence-electron chi connectivity index (χ4n) is 1.51. The van der Waals surface area contributed by atoms with Crippen LogP contribution in [0.2, 0.25) is 0 Å². The van der Waals surface area contributed by atoms with E-state index in [4.69, 9.17) is 9.94 Å². The highest BCUT2D eigenvalue weighted by Crippen LogP contribution is 2.14. The Hall–Kier alpha value is -1.85. The summed E-state index contributed by atoms with van der Waals surface area (Å²) in [5.74, 6) is -0.649. The Morgan fingerprint density at radius 1 is 1.56 bits per heavy atom.